The van der Waals surface area contributed by atoms with Crippen molar-refractivity contribution in [3.63, 3.8) is 0 Å². The van der Waals surface area contributed by atoms with Gasteiger partial charge in [-0.3, -0.25) is 0 Å². The molecule has 39 heavy (non-hydrogen) atoms. The van der Waals surface area contributed by atoms with E-state index in [1.165, 1.54) is 0 Å². The number of carbonyl (C=O) groups excluding carboxylic acids is 1. The fraction of sp³-hybridized carbons (Fsp3) is 0.696. The molecule has 1 saturated heterocycles. The van der Waals surface area contributed by atoms with Crippen molar-refractivity contribution in [1.82, 2.24) is 5.32 Å². The maximum Gasteiger partial charge on any atom is 0.407 e. The molecular weight excluding hydrogens is 512 g/mol. The summed E-state index contributed by atoms with van der Waals surface area (Å²) in [6, 6.07) is 6.58. The first kappa shape index (κ1) is 28.3. The number of alkyl carbamates (subject to hydrolysis) is 1. The van der Waals surface area contributed by atoms with E-state index in [2.05, 4.69) is 35.4 Å². The van der Waals surface area contributed by atoms with E-state index in [0.29, 0.717) is 19.4 Å². The first-order valence-corrected chi connectivity index (χ1v) is 12.7. The Labute approximate surface area is 223 Å². The molecule has 4 rings (SSSR count). The minimum atomic E-state index is -1.58. The monoisotopic (exact) mass is 542 g/mol. The summed E-state index contributed by atoms with van der Waals surface area (Å²) < 4.78 is 17.9. The summed E-state index contributed by atoms with van der Waals surface area (Å²) in [5, 5.41) is 34.9. The first-order valence-electron chi connectivity index (χ1n) is 12.7. The number of nitrogens with one attached hydrogen (secondary N) is 1. The van der Waals surface area contributed by atoms with Gasteiger partial charge in [0.25, 0.3) is 0 Å². The van der Waals surface area contributed by atoms with Gasteiger partial charge in [0.1, 0.15) is 12.2 Å². The van der Waals surface area contributed by atoms with Crippen molar-refractivity contribution in [2.45, 2.75) is 93.6 Å². The highest BCUT2D eigenvalue weighted by Gasteiger charge is 2.48. The lowest BCUT2D eigenvalue weighted by atomic mass is 9.84. The summed E-state index contributed by atoms with van der Waals surface area (Å²) in [6.45, 7) is 0.298. The minimum Gasteiger partial charge on any atom is -0.443 e. The van der Waals surface area contributed by atoms with E-state index in [1.807, 2.05) is 30.3 Å². The number of ether oxygens (including phenoxy) is 3. The van der Waals surface area contributed by atoms with Crippen molar-refractivity contribution in [3.8, 4) is 0 Å². The molecule has 0 spiro atoms. The first-order chi connectivity index (χ1) is 18.9. The molecule has 1 heterocycles. The van der Waals surface area contributed by atoms with Crippen molar-refractivity contribution in [2.24, 2.45) is 21.3 Å². The Morgan fingerprint density at radius 1 is 0.974 bits per heavy atom. The van der Waals surface area contributed by atoms with E-state index in [1.54, 1.807) is 0 Å². The van der Waals surface area contributed by atoms with Crippen molar-refractivity contribution in [3.05, 3.63) is 67.2 Å². The highest BCUT2D eigenvalue weighted by molar-refractivity contribution is 5.67. The van der Waals surface area contributed by atoms with Crippen LogP contribution in [0, 0.1) is 5.92 Å². The second-order valence-corrected chi connectivity index (χ2v) is 9.80. The maximum absolute atomic E-state index is 12.6. The highest BCUT2D eigenvalue weighted by Crippen LogP contribution is 2.40. The van der Waals surface area contributed by atoms with Crippen LogP contribution in [0.25, 0.3) is 31.3 Å². The van der Waals surface area contributed by atoms with Gasteiger partial charge in [0, 0.05) is 21.3 Å². The zero-order valence-electron chi connectivity index (χ0n) is 21.0. The van der Waals surface area contributed by atoms with E-state index in [4.69, 9.17) is 30.8 Å². The maximum atomic E-state index is 12.6. The van der Waals surface area contributed by atoms with Gasteiger partial charge >= 0.3 is 6.09 Å². The summed E-state index contributed by atoms with van der Waals surface area (Å²) in [6.07, 6.45) is -4.85. The number of azide groups is 3. The third-order valence-corrected chi connectivity index (χ3v) is 7.18. The molecule has 1 amide bonds. The number of hydrogen-bond acceptors (Lipinski definition) is 9. The lowest BCUT2D eigenvalue weighted by Gasteiger charge is -2.44. The van der Waals surface area contributed by atoms with Crippen LogP contribution in [-0.4, -0.2) is 71.2 Å². The number of rotatable bonds is 10. The molecule has 3 N–H and O–H groups in total. The van der Waals surface area contributed by atoms with Crippen molar-refractivity contribution >= 4 is 6.09 Å². The Balaban J connectivity index is 1.46. The van der Waals surface area contributed by atoms with Crippen LogP contribution in [0.2, 0.25) is 0 Å². The van der Waals surface area contributed by atoms with Crippen LogP contribution in [-0.2, 0) is 20.8 Å². The molecule has 0 radical (unpaired) electrons. The quantitative estimate of drug-likeness (QED) is 0.225. The molecule has 1 aromatic carbocycles. The van der Waals surface area contributed by atoms with E-state index in [9.17, 15) is 15.0 Å². The normalized spacial score (nSPS) is 32.9. The standard InChI is InChI=1S/C23H30N10O6/c24-31-28-14-8-9-17(20(13-6-7-13)39-23(36)27-11-12-4-2-1-3-5-12)37-22(14)38-21-16(30-33-26)10-15(29-32-25)18(34)19(21)35/h1-5,13-22,34-35H,6-11H2,(H,27,36)/t14-,15+,16-,17-,18-,19+,20+,21+,22+/m0/s1. The predicted molar refractivity (Wildman–Crippen MR) is 134 cm³/mol. The Morgan fingerprint density at radius 2 is 1.64 bits per heavy atom. The molecule has 16 nitrogen and oxygen atoms in total. The molecule has 0 aromatic heterocycles. The van der Waals surface area contributed by atoms with Gasteiger partial charge in [0.2, 0.25) is 0 Å². The van der Waals surface area contributed by atoms with Crippen molar-refractivity contribution in [2.75, 3.05) is 0 Å². The van der Waals surface area contributed by atoms with Gasteiger partial charge in [-0.2, -0.15) is 0 Å². The molecule has 9 atom stereocenters. The number of amides is 1. The molecular formula is C23H30N10O6. The summed E-state index contributed by atoms with van der Waals surface area (Å²) in [5.41, 5.74) is 27.8. The van der Waals surface area contributed by atoms with Crippen LogP contribution in [0.5, 0.6) is 0 Å². The lowest BCUT2D eigenvalue weighted by molar-refractivity contribution is -0.265. The number of nitrogens with zero attached hydrogens (tertiary/aromatic N) is 9. The zero-order chi connectivity index (χ0) is 27.8. The molecule has 3 aliphatic rings. The van der Waals surface area contributed by atoms with Crippen LogP contribution >= 0.6 is 0 Å². The molecule has 2 aliphatic carbocycles. The Morgan fingerprint density at radius 3 is 2.31 bits per heavy atom. The number of aliphatic hydroxyl groups is 2. The van der Waals surface area contributed by atoms with Crippen LogP contribution < -0.4 is 5.32 Å². The fourth-order valence-electron chi connectivity index (χ4n) is 5.04. The van der Waals surface area contributed by atoms with E-state index >= 15 is 0 Å². The Bertz CT molecular complexity index is 1140. The van der Waals surface area contributed by atoms with E-state index < -0.39 is 61.0 Å². The smallest absolute Gasteiger partial charge is 0.407 e. The Kier molecular flexibility index (Phi) is 9.69. The molecule has 0 unspecified atom stereocenters. The number of hydrogen-bond donors (Lipinski definition) is 3. The van der Waals surface area contributed by atoms with Crippen molar-refractivity contribution in [1.29, 1.82) is 0 Å². The third kappa shape index (κ3) is 7.22. The van der Waals surface area contributed by atoms with E-state index in [-0.39, 0.29) is 12.3 Å². The topological polar surface area (TPSA) is 244 Å². The molecule has 1 aromatic rings. The second-order valence-electron chi connectivity index (χ2n) is 9.80. The highest BCUT2D eigenvalue weighted by atomic mass is 16.7. The zero-order valence-corrected chi connectivity index (χ0v) is 21.0. The van der Waals surface area contributed by atoms with Gasteiger partial charge in [0.05, 0.1) is 36.4 Å². The third-order valence-electron chi connectivity index (χ3n) is 7.18. The molecule has 3 fully saturated rings. The molecule has 208 valence electrons. The second kappa shape index (κ2) is 13.4. The van der Waals surface area contributed by atoms with Crippen LogP contribution in [0.4, 0.5) is 4.79 Å². The van der Waals surface area contributed by atoms with Gasteiger partial charge in [-0.05, 0) is 60.2 Å². The molecule has 1 aliphatic heterocycles. The van der Waals surface area contributed by atoms with Crippen molar-refractivity contribution < 1.29 is 29.2 Å². The van der Waals surface area contributed by atoms with Gasteiger partial charge < -0.3 is 29.7 Å². The summed E-state index contributed by atoms with van der Waals surface area (Å²) in [5.74, 6) is 0.0942. The van der Waals surface area contributed by atoms with Crippen LogP contribution in [0.15, 0.2) is 45.7 Å². The SMILES string of the molecule is [N-]=[N+]=N[C@H]1CC[C@@H]([C@H](OC(=O)NCc2ccccc2)C2CC2)O[C@@H]1O[C@H]1[C@H](O)[C@@H](O)[C@H](N=[N+]=[N-])C[C@@H]1N=[N+]=[N-]. The largest absolute Gasteiger partial charge is 0.443 e. The predicted octanol–water partition coefficient (Wildman–Crippen LogP) is 3.74. The minimum absolute atomic E-state index is 0.0747. The lowest BCUT2D eigenvalue weighted by Crippen LogP contribution is -2.58. The number of aliphatic hydroxyl groups excluding tert-OH is 2. The van der Waals surface area contributed by atoms with Gasteiger partial charge in [-0.1, -0.05) is 45.7 Å². The van der Waals surface area contributed by atoms with Crippen LogP contribution in [0.3, 0.4) is 0 Å². The van der Waals surface area contributed by atoms with Gasteiger partial charge in [0.15, 0.2) is 6.29 Å². The average molecular weight is 543 g/mol. The number of carbonyl (C=O) groups is 1. The molecule has 0 bridgehead atoms. The van der Waals surface area contributed by atoms with Gasteiger partial charge in [-0.25, -0.2) is 4.79 Å². The number of benzene rings is 1. The average Bonchev–Trinajstić information content (AvgIpc) is 3.78. The molecule has 2 saturated carbocycles. The van der Waals surface area contributed by atoms with Gasteiger partial charge in [-0.15, -0.1) is 0 Å². The fourth-order valence-corrected chi connectivity index (χ4v) is 5.04. The Hall–Kier alpha value is -3.74. The van der Waals surface area contributed by atoms with Crippen LogP contribution in [0.1, 0.15) is 37.7 Å². The summed E-state index contributed by atoms with van der Waals surface area (Å²) in [4.78, 5) is 20.9. The summed E-state index contributed by atoms with van der Waals surface area (Å²) in [7, 11) is 0. The molecule has 16 heteroatoms. The van der Waals surface area contributed by atoms with E-state index in [0.717, 1.165) is 18.4 Å². The summed E-state index contributed by atoms with van der Waals surface area (Å²) >= 11 is 0.